The SMILES string of the molecule is COc1cncc(N2CCN(c3ccc([N+](=O)[O-])cc3C#N)CC2)n1. The number of non-ortho nitro benzene ring substituents is 1. The largest absolute Gasteiger partial charge is 0.480 e. The summed E-state index contributed by atoms with van der Waals surface area (Å²) in [6.07, 6.45) is 3.24. The third kappa shape index (κ3) is 3.42. The van der Waals surface area contributed by atoms with E-state index in [0.29, 0.717) is 43.3 Å². The van der Waals surface area contributed by atoms with Crippen molar-refractivity contribution in [1.82, 2.24) is 9.97 Å². The summed E-state index contributed by atoms with van der Waals surface area (Å²) in [6.45, 7) is 2.74. The molecular weight excluding hydrogens is 324 g/mol. The van der Waals surface area contributed by atoms with Crippen LogP contribution in [0.25, 0.3) is 0 Å². The zero-order chi connectivity index (χ0) is 17.8. The maximum absolute atomic E-state index is 10.9. The fourth-order valence-electron chi connectivity index (χ4n) is 2.77. The molecule has 0 radical (unpaired) electrons. The Morgan fingerprint density at radius 1 is 1.24 bits per heavy atom. The second-order valence-electron chi connectivity index (χ2n) is 5.46. The van der Waals surface area contributed by atoms with Crippen LogP contribution in [0.1, 0.15) is 5.56 Å². The second-order valence-corrected chi connectivity index (χ2v) is 5.46. The number of hydrogen-bond donors (Lipinski definition) is 0. The summed E-state index contributed by atoms with van der Waals surface area (Å²) in [4.78, 5) is 23.0. The van der Waals surface area contributed by atoms with Crippen molar-refractivity contribution in [2.45, 2.75) is 0 Å². The molecule has 0 aliphatic carbocycles. The van der Waals surface area contributed by atoms with Gasteiger partial charge >= 0.3 is 0 Å². The summed E-state index contributed by atoms with van der Waals surface area (Å²) in [6, 6.07) is 6.43. The van der Waals surface area contributed by atoms with Gasteiger partial charge in [-0.15, -0.1) is 0 Å². The monoisotopic (exact) mass is 340 g/mol. The number of piperazine rings is 1. The summed E-state index contributed by atoms with van der Waals surface area (Å²) in [5, 5.41) is 20.2. The van der Waals surface area contributed by atoms with Crippen molar-refractivity contribution >= 4 is 17.2 Å². The minimum absolute atomic E-state index is 0.0782. The number of methoxy groups -OCH3 is 1. The fourth-order valence-corrected chi connectivity index (χ4v) is 2.77. The molecule has 9 nitrogen and oxygen atoms in total. The molecule has 0 saturated carbocycles. The van der Waals surface area contributed by atoms with Crippen LogP contribution in [0.2, 0.25) is 0 Å². The molecule has 0 unspecified atom stereocenters. The van der Waals surface area contributed by atoms with Gasteiger partial charge in [0.1, 0.15) is 6.07 Å². The molecule has 0 atom stereocenters. The molecule has 0 N–H and O–H groups in total. The first-order valence-corrected chi connectivity index (χ1v) is 7.67. The first-order valence-electron chi connectivity index (χ1n) is 7.67. The Labute approximate surface area is 144 Å². The molecule has 0 amide bonds. The molecule has 2 aromatic rings. The molecule has 0 bridgehead atoms. The van der Waals surface area contributed by atoms with Crippen molar-refractivity contribution in [3.8, 4) is 11.9 Å². The van der Waals surface area contributed by atoms with E-state index in [1.54, 1.807) is 25.6 Å². The van der Waals surface area contributed by atoms with Gasteiger partial charge in [-0.1, -0.05) is 0 Å². The van der Waals surface area contributed by atoms with Crippen molar-refractivity contribution < 1.29 is 9.66 Å². The third-order valence-electron chi connectivity index (χ3n) is 4.06. The average molecular weight is 340 g/mol. The van der Waals surface area contributed by atoms with Gasteiger partial charge in [0.05, 0.1) is 35.7 Å². The number of hydrogen-bond acceptors (Lipinski definition) is 8. The molecule has 1 aliphatic heterocycles. The van der Waals surface area contributed by atoms with Crippen LogP contribution in [0.3, 0.4) is 0 Å². The van der Waals surface area contributed by atoms with Crippen molar-refractivity contribution in [2.24, 2.45) is 0 Å². The normalized spacial score (nSPS) is 14.1. The van der Waals surface area contributed by atoms with Gasteiger partial charge in [-0.3, -0.25) is 15.1 Å². The number of ether oxygens (including phenoxy) is 1. The smallest absolute Gasteiger partial charge is 0.270 e. The number of aromatic nitrogens is 2. The Bertz CT molecular complexity index is 827. The molecular formula is C16H16N6O3. The lowest BCUT2D eigenvalue weighted by Crippen LogP contribution is -2.47. The number of rotatable bonds is 4. The summed E-state index contributed by atoms with van der Waals surface area (Å²) in [5.41, 5.74) is 0.943. The molecule has 1 saturated heterocycles. The van der Waals surface area contributed by atoms with E-state index in [9.17, 15) is 15.4 Å². The van der Waals surface area contributed by atoms with Crippen LogP contribution >= 0.6 is 0 Å². The molecule has 25 heavy (non-hydrogen) atoms. The van der Waals surface area contributed by atoms with Gasteiger partial charge in [0, 0.05) is 38.3 Å². The van der Waals surface area contributed by atoms with Crippen LogP contribution < -0.4 is 14.5 Å². The summed E-state index contributed by atoms with van der Waals surface area (Å²) >= 11 is 0. The van der Waals surface area contributed by atoms with Gasteiger partial charge in [0.25, 0.3) is 5.69 Å². The number of nitriles is 1. The van der Waals surface area contributed by atoms with E-state index in [1.807, 2.05) is 11.0 Å². The molecule has 3 rings (SSSR count). The first-order chi connectivity index (χ1) is 12.1. The summed E-state index contributed by atoms with van der Waals surface area (Å²) in [5.74, 6) is 1.20. The van der Waals surface area contributed by atoms with Crippen LogP contribution in [0.4, 0.5) is 17.2 Å². The molecule has 1 aromatic carbocycles. The maximum atomic E-state index is 10.9. The predicted molar refractivity (Wildman–Crippen MR) is 90.8 cm³/mol. The third-order valence-corrected chi connectivity index (χ3v) is 4.06. The number of nitro groups is 1. The Morgan fingerprint density at radius 2 is 1.96 bits per heavy atom. The lowest BCUT2D eigenvalue weighted by atomic mass is 10.1. The zero-order valence-electron chi connectivity index (χ0n) is 13.6. The second kappa shape index (κ2) is 7.00. The number of benzene rings is 1. The molecule has 1 aliphatic rings. The van der Waals surface area contributed by atoms with Gasteiger partial charge in [0.2, 0.25) is 5.88 Å². The van der Waals surface area contributed by atoms with Gasteiger partial charge in [0.15, 0.2) is 5.82 Å². The molecule has 128 valence electrons. The quantitative estimate of drug-likeness (QED) is 0.610. The number of nitro benzene ring substituents is 1. The molecule has 1 aromatic heterocycles. The Balaban J connectivity index is 1.74. The molecule has 2 heterocycles. The van der Waals surface area contributed by atoms with E-state index < -0.39 is 4.92 Å². The van der Waals surface area contributed by atoms with Crippen LogP contribution in [-0.4, -0.2) is 48.2 Å². The van der Waals surface area contributed by atoms with E-state index in [-0.39, 0.29) is 5.69 Å². The van der Waals surface area contributed by atoms with Crippen LogP contribution in [0.15, 0.2) is 30.6 Å². The van der Waals surface area contributed by atoms with Crippen molar-refractivity contribution in [2.75, 3.05) is 43.1 Å². The van der Waals surface area contributed by atoms with Gasteiger partial charge in [-0.05, 0) is 6.07 Å². The summed E-state index contributed by atoms with van der Waals surface area (Å²) < 4.78 is 5.10. The minimum Gasteiger partial charge on any atom is -0.480 e. The molecule has 9 heteroatoms. The average Bonchev–Trinajstić information content (AvgIpc) is 2.67. The number of nitrogens with zero attached hydrogens (tertiary/aromatic N) is 6. The summed E-state index contributed by atoms with van der Waals surface area (Å²) in [7, 11) is 1.55. The maximum Gasteiger partial charge on any atom is 0.270 e. The van der Waals surface area contributed by atoms with Crippen LogP contribution in [0.5, 0.6) is 5.88 Å². The Morgan fingerprint density at radius 3 is 2.60 bits per heavy atom. The van der Waals surface area contributed by atoms with Crippen molar-refractivity contribution in [3.05, 3.63) is 46.3 Å². The van der Waals surface area contributed by atoms with E-state index in [0.717, 1.165) is 5.82 Å². The Hall–Kier alpha value is -3.41. The van der Waals surface area contributed by atoms with Crippen molar-refractivity contribution in [3.63, 3.8) is 0 Å². The van der Waals surface area contributed by atoms with E-state index >= 15 is 0 Å². The lowest BCUT2D eigenvalue weighted by molar-refractivity contribution is -0.384. The zero-order valence-corrected chi connectivity index (χ0v) is 13.6. The standard InChI is InChI=1S/C16H16N6O3/c1-25-16-11-18-10-15(19-16)21-6-4-20(5-7-21)14-3-2-13(22(23)24)8-12(14)9-17/h2-3,8,10-11H,4-7H2,1H3. The van der Waals surface area contributed by atoms with Gasteiger partial charge < -0.3 is 14.5 Å². The molecule has 1 fully saturated rings. The van der Waals surface area contributed by atoms with Crippen LogP contribution in [-0.2, 0) is 0 Å². The van der Waals surface area contributed by atoms with Crippen molar-refractivity contribution in [1.29, 1.82) is 5.26 Å². The van der Waals surface area contributed by atoms with E-state index in [1.165, 1.54) is 12.1 Å². The highest BCUT2D eigenvalue weighted by Crippen LogP contribution is 2.26. The lowest BCUT2D eigenvalue weighted by Gasteiger charge is -2.36. The Kier molecular flexibility index (Phi) is 4.61. The highest BCUT2D eigenvalue weighted by atomic mass is 16.6. The topological polar surface area (TPSA) is 108 Å². The van der Waals surface area contributed by atoms with E-state index in [4.69, 9.17) is 4.74 Å². The molecule has 0 spiro atoms. The highest BCUT2D eigenvalue weighted by Gasteiger charge is 2.22. The van der Waals surface area contributed by atoms with Crippen LogP contribution in [0, 0.1) is 21.4 Å². The predicted octanol–water partition coefficient (Wildman–Crippen LogP) is 1.59. The number of anilines is 2. The minimum atomic E-state index is -0.496. The highest BCUT2D eigenvalue weighted by molar-refractivity contribution is 5.63. The fraction of sp³-hybridized carbons (Fsp3) is 0.312. The van der Waals surface area contributed by atoms with E-state index in [2.05, 4.69) is 14.9 Å². The first kappa shape index (κ1) is 16.4. The van der Waals surface area contributed by atoms with Gasteiger partial charge in [-0.25, -0.2) is 0 Å². The van der Waals surface area contributed by atoms with Gasteiger partial charge in [-0.2, -0.15) is 10.2 Å².